The summed E-state index contributed by atoms with van der Waals surface area (Å²) in [6.07, 6.45) is -2.64. The molecule has 21 heavy (non-hydrogen) atoms. The highest BCUT2D eigenvalue weighted by Crippen LogP contribution is 2.30. The van der Waals surface area contributed by atoms with Crippen molar-refractivity contribution in [2.75, 3.05) is 6.54 Å². The molecule has 1 heterocycles. The van der Waals surface area contributed by atoms with E-state index in [2.05, 4.69) is 10.6 Å². The number of hydrogen-bond donors (Lipinski definition) is 2. The van der Waals surface area contributed by atoms with E-state index >= 15 is 0 Å². The topological polar surface area (TPSA) is 41.1 Å². The summed E-state index contributed by atoms with van der Waals surface area (Å²) >= 11 is 0. The second-order valence-corrected chi connectivity index (χ2v) is 5.68. The molecule has 1 fully saturated rings. The molecule has 0 saturated carbocycles. The largest absolute Gasteiger partial charge is 0.416 e. The zero-order valence-electron chi connectivity index (χ0n) is 12.1. The smallest absolute Gasteiger partial charge is 0.348 e. The van der Waals surface area contributed by atoms with Crippen molar-refractivity contribution in [1.29, 1.82) is 0 Å². The number of amides is 1. The third-order valence-electron chi connectivity index (χ3n) is 3.96. The molecule has 0 aromatic heterocycles. The lowest BCUT2D eigenvalue weighted by molar-refractivity contribution is -0.137. The molecule has 0 aliphatic carbocycles. The monoisotopic (exact) mass is 300 g/mol. The summed E-state index contributed by atoms with van der Waals surface area (Å²) in [7, 11) is 0. The van der Waals surface area contributed by atoms with Gasteiger partial charge in [-0.2, -0.15) is 13.2 Å². The van der Waals surface area contributed by atoms with Crippen molar-refractivity contribution < 1.29 is 18.0 Å². The summed E-state index contributed by atoms with van der Waals surface area (Å²) in [5.41, 5.74) is -0.618. The maximum Gasteiger partial charge on any atom is 0.416 e. The molecule has 0 bridgehead atoms. The van der Waals surface area contributed by atoms with Crippen LogP contribution in [0.3, 0.4) is 0 Å². The van der Waals surface area contributed by atoms with Gasteiger partial charge in [-0.25, -0.2) is 0 Å². The van der Waals surface area contributed by atoms with Gasteiger partial charge < -0.3 is 10.6 Å². The van der Waals surface area contributed by atoms with Gasteiger partial charge in [0.2, 0.25) is 5.91 Å². The fourth-order valence-electron chi connectivity index (χ4n) is 2.49. The lowest BCUT2D eigenvalue weighted by atomic mass is 9.98. The molecule has 1 aromatic rings. The SMILES string of the molecule is CC(NC(=O)C1(C)CCCN1)c1ccc(C(F)(F)F)cc1. The van der Waals surface area contributed by atoms with E-state index in [9.17, 15) is 18.0 Å². The zero-order valence-corrected chi connectivity index (χ0v) is 12.1. The Balaban J connectivity index is 2.03. The van der Waals surface area contributed by atoms with Crippen LogP contribution in [0.5, 0.6) is 0 Å². The lowest BCUT2D eigenvalue weighted by Gasteiger charge is -2.26. The minimum Gasteiger partial charge on any atom is -0.348 e. The van der Waals surface area contributed by atoms with E-state index in [0.29, 0.717) is 5.56 Å². The highest BCUT2D eigenvalue weighted by Gasteiger charge is 2.36. The normalized spacial score (nSPS) is 23.9. The minimum atomic E-state index is -4.34. The van der Waals surface area contributed by atoms with Crippen LogP contribution in [0, 0.1) is 0 Å². The van der Waals surface area contributed by atoms with Crippen LogP contribution < -0.4 is 10.6 Å². The maximum atomic E-state index is 12.5. The summed E-state index contributed by atoms with van der Waals surface area (Å²) < 4.78 is 37.5. The fourth-order valence-corrected chi connectivity index (χ4v) is 2.49. The summed E-state index contributed by atoms with van der Waals surface area (Å²) in [6, 6.07) is 4.54. The van der Waals surface area contributed by atoms with Gasteiger partial charge in [0.15, 0.2) is 0 Å². The molecule has 2 atom stereocenters. The fraction of sp³-hybridized carbons (Fsp3) is 0.533. The molecule has 0 spiro atoms. The molecule has 2 unspecified atom stereocenters. The molecule has 3 nitrogen and oxygen atoms in total. The predicted molar refractivity (Wildman–Crippen MR) is 73.6 cm³/mol. The Morgan fingerprint density at radius 3 is 2.43 bits per heavy atom. The molecule has 6 heteroatoms. The first-order valence-electron chi connectivity index (χ1n) is 6.95. The average Bonchev–Trinajstić information content (AvgIpc) is 2.86. The van der Waals surface area contributed by atoms with Gasteiger partial charge in [-0.3, -0.25) is 4.79 Å². The first kappa shape index (κ1) is 15.8. The second-order valence-electron chi connectivity index (χ2n) is 5.68. The molecule has 1 amide bonds. The molecule has 2 N–H and O–H groups in total. The Morgan fingerprint density at radius 1 is 1.33 bits per heavy atom. The summed E-state index contributed by atoms with van der Waals surface area (Å²) in [5.74, 6) is -0.118. The van der Waals surface area contributed by atoms with Crippen LogP contribution in [0.15, 0.2) is 24.3 Å². The van der Waals surface area contributed by atoms with Crippen LogP contribution in [0.4, 0.5) is 13.2 Å². The number of halogens is 3. The third-order valence-corrected chi connectivity index (χ3v) is 3.96. The highest BCUT2D eigenvalue weighted by atomic mass is 19.4. The van der Waals surface area contributed by atoms with Crippen molar-refractivity contribution in [3.63, 3.8) is 0 Å². The number of rotatable bonds is 3. The van der Waals surface area contributed by atoms with Gasteiger partial charge in [-0.05, 0) is 50.9 Å². The lowest BCUT2D eigenvalue weighted by Crippen LogP contribution is -2.51. The first-order chi connectivity index (χ1) is 9.72. The van der Waals surface area contributed by atoms with Gasteiger partial charge in [0.1, 0.15) is 0 Å². The summed E-state index contributed by atoms with van der Waals surface area (Å²) in [6.45, 7) is 4.41. The van der Waals surface area contributed by atoms with Crippen molar-refractivity contribution >= 4 is 5.91 Å². The van der Waals surface area contributed by atoms with Crippen LogP contribution in [0.1, 0.15) is 43.9 Å². The van der Waals surface area contributed by atoms with Crippen LogP contribution >= 0.6 is 0 Å². The van der Waals surface area contributed by atoms with Crippen LogP contribution in [-0.2, 0) is 11.0 Å². The molecule has 1 aromatic carbocycles. The van der Waals surface area contributed by atoms with E-state index < -0.39 is 17.3 Å². The Kier molecular flexibility index (Phi) is 4.27. The predicted octanol–water partition coefficient (Wildman–Crippen LogP) is 3.02. The second kappa shape index (κ2) is 5.67. The van der Waals surface area contributed by atoms with E-state index in [1.54, 1.807) is 6.92 Å². The minimum absolute atomic E-state index is 0.118. The van der Waals surface area contributed by atoms with E-state index in [1.165, 1.54) is 12.1 Å². The van der Waals surface area contributed by atoms with E-state index in [1.807, 2.05) is 6.92 Å². The van der Waals surface area contributed by atoms with Crippen LogP contribution in [0.25, 0.3) is 0 Å². The Labute approximate surface area is 121 Å². The molecular weight excluding hydrogens is 281 g/mol. The maximum absolute atomic E-state index is 12.5. The van der Waals surface area contributed by atoms with Gasteiger partial charge in [0, 0.05) is 0 Å². The number of nitrogens with one attached hydrogen (secondary N) is 2. The molecular formula is C15H19F3N2O. The first-order valence-corrected chi connectivity index (χ1v) is 6.95. The van der Waals surface area contributed by atoms with E-state index in [4.69, 9.17) is 0 Å². The third kappa shape index (κ3) is 3.56. The standard InChI is InChI=1S/C15H19F3N2O/c1-10(20-13(21)14(2)8-3-9-19-14)11-4-6-12(7-5-11)15(16,17)18/h4-7,10,19H,3,8-9H2,1-2H3,(H,20,21). The number of carbonyl (C=O) groups is 1. The molecule has 116 valence electrons. The Morgan fingerprint density at radius 2 is 1.95 bits per heavy atom. The van der Waals surface area contributed by atoms with Crippen molar-refractivity contribution in [3.05, 3.63) is 35.4 Å². The highest BCUT2D eigenvalue weighted by molar-refractivity contribution is 5.86. The molecule has 1 aliphatic heterocycles. The van der Waals surface area contributed by atoms with Crippen molar-refractivity contribution in [2.45, 2.75) is 44.4 Å². The number of carbonyl (C=O) groups excluding carboxylic acids is 1. The van der Waals surface area contributed by atoms with Crippen molar-refractivity contribution in [2.24, 2.45) is 0 Å². The van der Waals surface area contributed by atoms with Crippen molar-refractivity contribution in [1.82, 2.24) is 10.6 Å². The van der Waals surface area contributed by atoms with Crippen LogP contribution in [0.2, 0.25) is 0 Å². The zero-order chi connectivity index (χ0) is 15.7. The molecule has 1 aliphatic rings. The molecule has 0 radical (unpaired) electrons. The van der Waals surface area contributed by atoms with E-state index in [-0.39, 0.29) is 11.9 Å². The number of alkyl halides is 3. The van der Waals surface area contributed by atoms with Gasteiger partial charge in [0.25, 0.3) is 0 Å². The number of benzene rings is 1. The molecule has 2 rings (SSSR count). The van der Waals surface area contributed by atoms with Gasteiger partial charge in [0.05, 0.1) is 17.1 Å². The number of hydrogen-bond acceptors (Lipinski definition) is 2. The summed E-state index contributed by atoms with van der Waals surface area (Å²) in [4.78, 5) is 12.2. The Bertz CT molecular complexity index is 505. The summed E-state index contributed by atoms with van der Waals surface area (Å²) in [5, 5.41) is 6.01. The van der Waals surface area contributed by atoms with E-state index in [0.717, 1.165) is 31.5 Å². The quantitative estimate of drug-likeness (QED) is 0.901. The Hall–Kier alpha value is -1.56. The van der Waals surface area contributed by atoms with Gasteiger partial charge in [-0.15, -0.1) is 0 Å². The van der Waals surface area contributed by atoms with Gasteiger partial charge in [-0.1, -0.05) is 12.1 Å². The average molecular weight is 300 g/mol. The van der Waals surface area contributed by atoms with Crippen molar-refractivity contribution in [3.8, 4) is 0 Å². The molecule has 1 saturated heterocycles. The van der Waals surface area contributed by atoms with Crippen LogP contribution in [-0.4, -0.2) is 18.0 Å². The van der Waals surface area contributed by atoms with Gasteiger partial charge >= 0.3 is 6.18 Å².